The van der Waals surface area contributed by atoms with E-state index in [0.29, 0.717) is 17.5 Å². The van der Waals surface area contributed by atoms with E-state index in [1.54, 1.807) is 0 Å². The highest BCUT2D eigenvalue weighted by Gasteiger charge is 2.07. The number of hydrogen-bond acceptors (Lipinski definition) is 2. The SMILES string of the molecule is CC(CC(N)=S)c1ccc(OCc2ccccc2)cc1. The molecular formula is C17H19NOS. The van der Waals surface area contributed by atoms with Gasteiger partial charge in [0.15, 0.2) is 0 Å². The molecule has 3 heteroatoms. The van der Waals surface area contributed by atoms with E-state index in [1.807, 2.05) is 30.3 Å². The molecular weight excluding hydrogens is 266 g/mol. The van der Waals surface area contributed by atoms with E-state index < -0.39 is 0 Å². The Balaban J connectivity index is 1.93. The molecule has 0 heterocycles. The summed E-state index contributed by atoms with van der Waals surface area (Å²) < 4.78 is 5.76. The minimum atomic E-state index is 0.343. The predicted molar refractivity (Wildman–Crippen MR) is 87.0 cm³/mol. The van der Waals surface area contributed by atoms with Gasteiger partial charge in [-0.15, -0.1) is 0 Å². The van der Waals surface area contributed by atoms with Gasteiger partial charge in [-0.2, -0.15) is 0 Å². The van der Waals surface area contributed by atoms with Crippen molar-refractivity contribution in [2.75, 3.05) is 0 Å². The van der Waals surface area contributed by atoms with Gasteiger partial charge in [0.2, 0.25) is 0 Å². The van der Waals surface area contributed by atoms with Crippen LogP contribution in [0.25, 0.3) is 0 Å². The van der Waals surface area contributed by atoms with Crippen molar-refractivity contribution >= 4 is 17.2 Å². The third-order valence-electron chi connectivity index (χ3n) is 3.20. The van der Waals surface area contributed by atoms with Gasteiger partial charge in [-0.3, -0.25) is 0 Å². The molecule has 0 saturated heterocycles. The molecule has 0 fully saturated rings. The van der Waals surface area contributed by atoms with E-state index in [1.165, 1.54) is 11.1 Å². The Morgan fingerprint density at radius 3 is 2.35 bits per heavy atom. The second-order valence-electron chi connectivity index (χ2n) is 4.91. The van der Waals surface area contributed by atoms with Crippen LogP contribution in [-0.4, -0.2) is 4.99 Å². The quantitative estimate of drug-likeness (QED) is 0.813. The predicted octanol–water partition coefficient (Wildman–Crippen LogP) is 4.05. The topological polar surface area (TPSA) is 35.2 Å². The Morgan fingerprint density at radius 1 is 1.10 bits per heavy atom. The lowest BCUT2D eigenvalue weighted by Crippen LogP contribution is -2.11. The van der Waals surface area contributed by atoms with Crippen LogP contribution in [0.1, 0.15) is 30.4 Å². The van der Waals surface area contributed by atoms with Crippen molar-refractivity contribution in [2.45, 2.75) is 25.9 Å². The van der Waals surface area contributed by atoms with Crippen LogP contribution in [-0.2, 0) is 6.61 Å². The summed E-state index contributed by atoms with van der Waals surface area (Å²) in [5.41, 5.74) is 7.97. The molecule has 2 N–H and O–H groups in total. The van der Waals surface area contributed by atoms with Crippen molar-refractivity contribution < 1.29 is 4.74 Å². The molecule has 0 aliphatic carbocycles. The van der Waals surface area contributed by atoms with Gasteiger partial charge in [-0.25, -0.2) is 0 Å². The monoisotopic (exact) mass is 285 g/mol. The first-order chi connectivity index (χ1) is 9.65. The Morgan fingerprint density at radius 2 is 1.75 bits per heavy atom. The normalized spacial score (nSPS) is 11.8. The van der Waals surface area contributed by atoms with E-state index in [9.17, 15) is 0 Å². The Kier molecular flexibility index (Phi) is 5.13. The van der Waals surface area contributed by atoms with E-state index in [-0.39, 0.29) is 0 Å². The van der Waals surface area contributed by atoms with Crippen LogP contribution in [0.5, 0.6) is 5.75 Å². The summed E-state index contributed by atoms with van der Waals surface area (Å²) >= 11 is 4.95. The van der Waals surface area contributed by atoms with Crippen molar-refractivity contribution in [1.29, 1.82) is 0 Å². The number of rotatable bonds is 6. The van der Waals surface area contributed by atoms with Crippen molar-refractivity contribution in [3.63, 3.8) is 0 Å². The minimum Gasteiger partial charge on any atom is -0.489 e. The number of hydrogen-bond donors (Lipinski definition) is 1. The van der Waals surface area contributed by atoms with E-state index >= 15 is 0 Å². The van der Waals surface area contributed by atoms with Crippen LogP contribution in [0.2, 0.25) is 0 Å². The first-order valence-electron chi connectivity index (χ1n) is 6.70. The van der Waals surface area contributed by atoms with Crippen molar-refractivity contribution in [1.82, 2.24) is 0 Å². The number of nitrogens with two attached hydrogens (primary N) is 1. The van der Waals surface area contributed by atoms with Gasteiger partial charge >= 0.3 is 0 Å². The molecule has 20 heavy (non-hydrogen) atoms. The van der Waals surface area contributed by atoms with Gasteiger partial charge in [0.25, 0.3) is 0 Å². The fourth-order valence-corrected chi connectivity index (χ4v) is 2.30. The summed E-state index contributed by atoms with van der Waals surface area (Å²) in [5.74, 6) is 1.22. The zero-order valence-electron chi connectivity index (χ0n) is 11.6. The first kappa shape index (κ1) is 14.5. The molecule has 1 atom stereocenters. The highest BCUT2D eigenvalue weighted by Crippen LogP contribution is 2.22. The fraction of sp³-hybridized carbons (Fsp3) is 0.235. The maximum absolute atomic E-state index is 5.76. The molecule has 0 radical (unpaired) electrons. The number of thiocarbonyl (C=S) groups is 1. The van der Waals surface area contributed by atoms with Crippen LogP contribution < -0.4 is 10.5 Å². The summed E-state index contributed by atoms with van der Waals surface area (Å²) in [6.07, 6.45) is 0.736. The molecule has 0 spiro atoms. The van der Waals surface area contributed by atoms with Gasteiger partial charge in [-0.05, 0) is 29.2 Å². The standard InChI is InChI=1S/C17H19NOS/c1-13(11-17(18)20)15-7-9-16(10-8-15)19-12-14-5-3-2-4-6-14/h2-10,13H,11-12H2,1H3,(H2,18,20). The average Bonchev–Trinajstić information content (AvgIpc) is 2.46. The zero-order chi connectivity index (χ0) is 14.4. The molecule has 2 aromatic rings. The summed E-state index contributed by atoms with van der Waals surface area (Å²) in [7, 11) is 0. The van der Waals surface area contributed by atoms with Crippen molar-refractivity contribution in [3.8, 4) is 5.75 Å². The molecule has 0 saturated carbocycles. The van der Waals surface area contributed by atoms with Crippen LogP contribution in [0.15, 0.2) is 54.6 Å². The Bertz CT molecular complexity index is 551. The molecule has 1 unspecified atom stereocenters. The molecule has 0 amide bonds. The maximum Gasteiger partial charge on any atom is 0.119 e. The lowest BCUT2D eigenvalue weighted by atomic mass is 9.98. The minimum absolute atomic E-state index is 0.343. The largest absolute Gasteiger partial charge is 0.489 e. The smallest absolute Gasteiger partial charge is 0.119 e. The van der Waals surface area contributed by atoms with Gasteiger partial charge in [0.05, 0.1) is 4.99 Å². The second kappa shape index (κ2) is 7.06. The van der Waals surface area contributed by atoms with Gasteiger partial charge in [-0.1, -0.05) is 61.6 Å². The number of benzene rings is 2. The van der Waals surface area contributed by atoms with Gasteiger partial charge < -0.3 is 10.5 Å². The van der Waals surface area contributed by atoms with Crippen molar-refractivity contribution in [3.05, 3.63) is 65.7 Å². The fourth-order valence-electron chi connectivity index (χ4n) is 2.05. The zero-order valence-corrected chi connectivity index (χ0v) is 12.4. The Labute approximate surface area is 125 Å². The molecule has 0 bridgehead atoms. The van der Waals surface area contributed by atoms with Gasteiger partial charge in [0, 0.05) is 6.42 Å². The molecule has 104 valence electrons. The van der Waals surface area contributed by atoms with Gasteiger partial charge in [0.1, 0.15) is 12.4 Å². The first-order valence-corrected chi connectivity index (χ1v) is 7.11. The summed E-state index contributed by atoms with van der Waals surface area (Å²) in [5, 5.41) is 0. The molecule has 2 aromatic carbocycles. The van der Waals surface area contributed by atoms with Crippen molar-refractivity contribution in [2.24, 2.45) is 5.73 Å². The van der Waals surface area contributed by atoms with Crippen LogP contribution in [0, 0.1) is 0 Å². The highest BCUT2D eigenvalue weighted by molar-refractivity contribution is 7.80. The van der Waals surface area contributed by atoms with Crippen LogP contribution >= 0.6 is 12.2 Å². The Hall–Kier alpha value is -1.87. The molecule has 0 aliphatic rings. The molecule has 2 rings (SSSR count). The summed E-state index contributed by atoms with van der Waals surface area (Å²) in [6.45, 7) is 2.71. The third-order valence-corrected chi connectivity index (χ3v) is 3.37. The summed E-state index contributed by atoms with van der Waals surface area (Å²) in [6, 6.07) is 18.3. The van der Waals surface area contributed by atoms with E-state index in [0.717, 1.165) is 12.2 Å². The van der Waals surface area contributed by atoms with E-state index in [2.05, 4.69) is 31.2 Å². The third kappa shape index (κ3) is 4.35. The summed E-state index contributed by atoms with van der Waals surface area (Å²) in [4.78, 5) is 0.557. The lowest BCUT2D eigenvalue weighted by Gasteiger charge is -2.12. The second-order valence-corrected chi connectivity index (χ2v) is 5.44. The molecule has 2 nitrogen and oxygen atoms in total. The lowest BCUT2D eigenvalue weighted by molar-refractivity contribution is 0.306. The maximum atomic E-state index is 5.76. The molecule has 0 aliphatic heterocycles. The molecule has 0 aromatic heterocycles. The average molecular weight is 285 g/mol. The number of ether oxygens (including phenoxy) is 1. The van der Waals surface area contributed by atoms with E-state index in [4.69, 9.17) is 22.7 Å². The van der Waals surface area contributed by atoms with Crippen LogP contribution in [0.3, 0.4) is 0 Å². The van der Waals surface area contributed by atoms with Crippen LogP contribution in [0.4, 0.5) is 0 Å². The highest BCUT2D eigenvalue weighted by atomic mass is 32.1.